The lowest BCUT2D eigenvalue weighted by molar-refractivity contribution is 0.102. The van der Waals surface area contributed by atoms with Gasteiger partial charge in [0.1, 0.15) is 16.9 Å². The summed E-state index contributed by atoms with van der Waals surface area (Å²) in [6, 6.07) is 16.9. The Balaban J connectivity index is 1.54. The number of hydrogen-bond acceptors (Lipinski definition) is 5. The van der Waals surface area contributed by atoms with Gasteiger partial charge in [0.15, 0.2) is 0 Å². The van der Waals surface area contributed by atoms with Crippen LogP contribution < -0.4 is 10.6 Å². The van der Waals surface area contributed by atoms with Crippen LogP contribution in [-0.4, -0.2) is 26.3 Å². The summed E-state index contributed by atoms with van der Waals surface area (Å²) in [4.78, 5) is 17.2. The maximum atomic E-state index is 12.9. The van der Waals surface area contributed by atoms with Crippen LogP contribution in [0.3, 0.4) is 0 Å². The third-order valence-corrected chi connectivity index (χ3v) is 4.64. The standard InChI is InChI=1S/C22H22N6O/c1-22(2,3)14-6-8-15(9-7-14)25-21(29)17-5-4-12-23-20(17)24-16-10-11-18-19(13-16)27-28-26-18/h4-13H,1-3H3,(H,23,24)(H,25,29)(H,26,27,28). The molecular formula is C22H22N6O. The van der Waals surface area contributed by atoms with Crippen LogP contribution in [-0.2, 0) is 5.41 Å². The first-order valence-electron chi connectivity index (χ1n) is 9.35. The molecule has 0 aliphatic carbocycles. The highest BCUT2D eigenvalue weighted by Gasteiger charge is 2.15. The molecule has 0 saturated carbocycles. The topological polar surface area (TPSA) is 95.6 Å². The Morgan fingerprint density at radius 3 is 2.41 bits per heavy atom. The van der Waals surface area contributed by atoms with Crippen LogP contribution in [0.2, 0.25) is 0 Å². The molecule has 1 amide bonds. The molecule has 0 aliphatic rings. The van der Waals surface area contributed by atoms with Crippen molar-refractivity contribution in [2.75, 3.05) is 10.6 Å². The van der Waals surface area contributed by atoms with Crippen molar-refractivity contribution in [1.82, 2.24) is 20.4 Å². The van der Waals surface area contributed by atoms with Crippen molar-refractivity contribution in [3.05, 3.63) is 71.9 Å². The normalized spacial score (nSPS) is 11.4. The number of rotatable bonds is 4. The van der Waals surface area contributed by atoms with E-state index < -0.39 is 0 Å². The van der Waals surface area contributed by atoms with Gasteiger partial charge in [-0.15, -0.1) is 0 Å². The highest BCUT2D eigenvalue weighted by molar-refractivity contribution is 6.07. The molecule has 2 aromatic carbocycles. The number of H-pyrrole nitrogens is 1. The Bertz CT molecular complexity index is 1160. The minimum Gasteiger partial charge on any atom is -0.340 e. The van der Waals surface area contributed by atoms with Gasteiger partial charge in [-0.3, -0.25) is 4.79 Å². The minimum absolute atomic E-state index is 0.0634. The van der Waals surface area contributed by atoms with Crippen LogP contribution in [0.25, 0.3) is 11.0 Å². The molecule has 4 rings (SSSR count). The van der Waals surface area contributed by atoms with Gasteiger partial charge >= 0.3 is 0 Å². The molecule has 29 heavy (non-hydrogen) atoms. The van der Waals surface area contributed by atoms with Gasteiger partial charge in [-0.25, -0.2) is 4.98 Å². The van der Waals surface area contributed by atoms with E-state index in [2.05, 4.69) is 51.8 Å². The predicted molar refractivity (Wildman–Crippen MR) is 115 cm³/mol. The van der Waals surface area contributed by atoms with E-state index in [-0.39, 0.29) is 11.3 Å². The highest BCUT2D eigenvalue weighted by atomic mass is 16.1. The number of aromatic nitrogens is 4. The Morgan fingerprint density at radius 2 is 1.66 bits per heavy atom. The van der Waals surface area contributed by atoms with Crippen molar-refractivity contribution in [3.63, 3.8) is 0 Å². The van der Waals surface area contributed by atoms with E-state index in [1.54, 1.807) is 18.3 Å². The Kier molecular flexibility index (Phi) is 4.72. The van der Waals surface area contributed by atoms with Crippen LogP contribution in [0.5, 0.6) is 0 Å². The van der Waals surface area contributed by atoms with Gasteiger partial charge in [-0.05, 0) is 53.4 Å². The molecule has 2 aromatic heterocycles. The molecule has 4 aromatic rings. The summed E-state index contributed by atoms with van der Waals surface area (Å²) in [5.74, 6) is 0.241. The first-order chi connectivity index (χ1) is 13.9. The molecule has 3 N–H and O–H groups in total. The summed E-state index contributed by atoms with van der Waals surface area (Å²) in [6.07, 6.45) is 1.64. The van der Waals surface area contributed by atoms with Gasteiger partial charge in [-0.2, -0.15) is 15.4 Å². The molecular weight excluding hydrogens is 364 g/mol. The zero-order valence-corrected chi connectivity index (χ0v) is 16.5. The third-order valence-electron chi connectivity index (χ3n) is 4.64. The predicted octanol–water partition coefficient (Wildman–Crippen LogP) is 4.65. The van der Waals surface area contributed by atoms with E-state index in [1.165, 1.54) is 5.56 Å². The molecule has 0 radical (unpaired) electrons. The van der Waals surface area contributed by atoms with Crippen LogP contribution in [0, 0.1) is 0 Å². The molecule has 7 heteroatoms. The number of carbonyl (C=O) groups excluding carboxylic acids is 1. The summed E-state index contributed by atoms with van der Waals surface area (Å²) >= 11 is 0. The molecule has 0 spiro atoms. The highest BCUT2D eigenvalue weighted by Crippen LogP contribution is 2.25. The Labute approximate surface area is 168 Å². The SMILES string of the molecule is CC(C)(C)c1ccc(NC(=O)c2cccnc2Nc2ccc3n[nH]nc3c2)cc1. The van der Waals surface area contributed by atoms with Crippen molar-refractivity contribution >= 4 is 34.1 Å². The Hall–Kier alpha value is -3.74. The van der Waals surface area contributed by atoms with E-state index in [1.807, 2.05) is 42.5 Å². The second-order valence-electron chi connectivity index (χ2n) is 7.83. The average Bonchev–Trinajstić information content (AvgIpc) is 3.16. The third kappa shape index (κ3) is 4.08. The summed E-state index contributed by atoms with van der Waals surface area (Å²) in [7, 11) is 0. The van der Waals surface area contributed by atoms with Crippen molar-refractivity contribution in [3.8, 4) is 0 Å². The van der Waals surface area contributed by atoms with Crippen LogP contribution in [0.4, 0.5) is 17.2 Å². The van der Waals surface area contributed by atoms with Gasteiger partial charge in [0, 0.05) is 17.6 Å². The lowest BCUT2D eigenvalue weighted by atomic mass is 9.87. The van der Waals surface area contributed by atoms with Crippen molar-refractivity contribution in [2.24, 2.45) is 0 Å². The monoisotopic (exact) mass is 386 g/mol. The number of fused-ring (bicyclic) bond motifs is 1. The molecule has 146 valence electrons. The molecule has 7 nitrogen and oxygen atoms in total. The molecule has 0 bridgehead atoms. The smallest absolute Gasteiger partial charge is 0.259 e. The largest absolute Gasteiger partial charge is 0.340 e. The van der Waals surface area contributed by atoms with Crippen molar-refractivity contribution < 1.29 is 4.79 Å². The fourth-order valence-corrected chi connectivity index (χ4v) is 2.99. The van der Waals surface area contributed by atoms with E-state index in [0.29, 0.717) is 11.4 Å². The van der Waals surface area contributed by atoms with E-state index in [9.17, 15) is 4.79 Å². The van der Waals surface area contributed by atoms with Gasteiger partial charge in [0.25, 0.3) is 5.91 Å². The Morgan fingerprint density at radius 1 is 0.931 bits per heavy atom. The second-order valence-corrected chi connectivity index (χ2v) is 7.83. The first-order valence-corrected chi connectivity index (χ1v) is 9.35. The summed E-state index contributed by atoms with van der Waals surface area (Å²) in [6.45, 7) is 6.47. The first kappa shape index (κ1) is 18.6. The van der Waals surface area contributed by atoms with Crippen LogP contribution in [0.15, 0.2) is 60.8 Å². The second kappa shape index (κ2) is 7.35. The zero-order chi connectivity index (χ0) is 20.4. The molecule has 2 heterocycles. The number of benzene rings is 2. The number of aromatic amines is 1. The van der Waals surface area contributed by atoms with Gasteiger partial charge in [-0.1, -0.05) is 32.9 Å². The number of carbonyl (C=O) groups is 1. The number of anilines is 3. The number of amides is 1. The fraction of sp³-hybridized carbons (Fsp3) is 0.182. The maximum Gasteiger partial charge on any atom is 0.259 e. The molecule has 0 aliphatic heterocycles. The fourth-order valence-electron chi connectivity index (χ4n) is 2.99. The van der Waals surface area contributed by atoms with Crippen LogP contribution >= 0.6 is 0 Å². The number of pyridine rings is 1. The summed E-state index contributed by atoms with van der Waals surface area (Å²) in [5.41, 5.74) is 4.74. The molecule has 0 fully saturated rings. The minimum atomic E-state index is -0.230. The average molecular weight is 386 g/mol. The van der Waals surface area contributed by atoms with Gasteiger partial charge in [0.2, 0.25) is 0 Å². The van der Waals surface area contributed by atoms with E-state index in [0.717, 1.165) is 22.4 Å². The maximum absolute atomic E-state index is 12.9. The van der Waals surface area contributed by atoms with Crippen molar-refractivity contribution in [2.45, 2.75) is 26.2 Å². The van der Waals surface area contributed by atoms with Gasteiger partial charge in [0.05, 0.1) is 5.56 Å². The lowest BCUT2D eigenvalue weighted by Crippen LogP contribution is -2.15. The van der Waals surface area contributed by atoms with E-state index >= 15 is 0 Å². The summed E-state index contributed by atoms with van der Waals surface area (Å²) in [5, 5.41) is 16.8. The van der Waals surface area contributed by atoms with E-state index in [4.69, 9.17) is 0 Å². The van der Waals surface area contributed by atoms with Gasteiger partial charge < -0.3 is 10.6 Å². The molecule has 0 unspecified atom stereocenters. The number of hydrogen-bond donors (Lipinski definition) is 3. The number of nitrogens with one attached hydrogen (secondary N) is 3. The zero-order valence-electron chi connectivity index (χ0n) is 16.5. The molecule has 0 atom stereocenters. The lowest BCUT2D eigenvalue weighted by Gasteiger charge is -2.19. The quantitative estimate of drug-likeness (QED) is 0.475. The van der Waals surface area contributed by atoms with Crippen LogP contribution in [0.1, 0.15) is 36.7 Å². The number of nitrogens with zero attached hydrogens (tertiary/aromatic N) is 3. The summed E-state index contributed by atoms with van der Waals surface area (Å²) < 4.78 is 0. The molecule has 0 saturated heterocycles. The van der Waals surface area contributed by atoms with Crippen molar-refractivity contribution in [1.29, 1.82) is 0 Å².